The van der Waals surface area contributed by atoms with Gasteiger partial charge in [-0.15, -0.1) is 0 Å². The number of imidazole rings is 1. The van der Waals surface area contributed by atoms with E-state index in [4.69, 9.17) is 28.7 Å². The molecule has 3 aliphatic heterocycles. The lowest BCUT2D eigenvalue weighted by molar-refractivity contribution is -0.138. The Labute approximate surface area is 391 Å². The number of piperidine rings is 2. The molecule has 0 spiro atoms. The van der Waals surface area contributed by atoms with Crippen molar-refractivity contribution in [3.05, 3.63) is 88.5 Å². The lowest BCUT2D eigenvalue weighted by atomic mass is 9.86. The number of hydrogen-bond acceptors (Lipinski definition) is 12. The molecule has 364 valence electrons. The Morgan fingerprint density at radius 3 is 2.15 bits per heavy atom. The van der Waals surface area contributed by atoms with Crippen LogP contribution in [0.25, 0.3) is 11.0 Å². The van der Waals surface area contributed by atoms with Crippen molar-refractivity contribution in [2.24, 2.45) is 5.92 Å². The summed E-state index contributed by atoms with van der Waals surface area (Å²) in [5.74, 6) is -1.88. The lowest BCUT2D eigenvalue weighted by Gasteiger charge is -2.30. The number of likely N-dealkylation sites (tertiary alicyclic amines) is 1. The van der Waals surface area contributed by atoms with E-state index in [1.807, 2.05) is 6.07 Å². The standard InChI is InChI=1S/C49H57F3N6O10/c50-49(51,52)35-6-4-5-34(28-35)44(60)55-48-53-40-27-33(30-56-17-2-1-3-18-56)9-14-41(40)57(48)36-10-7-32(8-11-36)31-67-24-23-65-20-19-64-21-22-66-25-26-68-37-12-13-38-39(29-37)47(63)58(46(38)62)42-15-16-43(59)54-45(42)61/h4-6,9,12-14,27-29,32,36,42H,1-3,7-8,10-11,15-26,30-31H2,(H,53,55,60)(H,54,59,61). The van der Waals surface area contributed by atoms with Crippen LogP contribution in [0, 0.1) is 5.92 Å². The van der Waals surface area contributed by atoms with Crippen molar-refractivity contribution in [2.45, 2.75) is 82.6 Å². The van der Waals surface area contributed by atoms with Crippen LogP contribution < -0.4 is 15.4 Å². The summed E-state index contributed by atoms with van der Waals surface area (Å²) in [7, 11) is 0. The number of carbonyl (C=O) groups excluding carboxylic acids is 5. The first-order valence-electron chi connectivity index (χ1n) is 23.4. The first-order valence-corrected chi connectivity index (χ1v) is 23.4. The first-order chi connectivity index (χ1) is 32.9. The second-order valence-electron chi connectivity index (χ2n) is 17.6. The molecule has 1 aliphatic carbocycles. The van der Waals surface area contributed by atoms with E-state index < -0.39 is 47.3 Å². The number of ether oxygens (including phenoxy) is 5. The number of nitrogens with one attached hydrogen (secondary N) is 2. The predicted molar refractivity (Wildman–Crippen MR) is 241 cm³/mol. The number of aromatic nitrogens is 2. The average molecular weight is 947 g/mol. The smallest absolute Gasteiger partial charge is 0.416 e. The molecule has 3 aromatic carbocycles. The summed E-state index contributed by atoms with van der Waals surface area (Å²) < 4.78 is 71.0. The molecule has 1 atom stereocenters. The monoisotopic (exact) mass is 946 g/mol. The van der Waals surface area contributed by atoms with E-state index in [1.54, 1.807) is 6.07 Å². The number of imide groups is 2. The maximum Gasteiger partial charge on any atom is 0.416 e. The topological polar surface area (TPSA) is 180 Å². The number of amides is 5. The third kappa shape index (κ3) is 12.1. The van der Waals surface area contributed by atoms with Crippen LogP contribution in [0.2, 0.25) is 0 Å². The highest BCUT2D eigenvalue weighted by atomic mass is 19.4. The number of hydrogen-bond donors (Lipinski definition) is 2. The summed E-state index contributed by atoms with van der Waals surface area (Å²) in [4.78, 5) is 71.3. The van der Waals surface area contributed by atoms with Gasteiger partial charge in [-0.3, -0.25) is 44.4 Å². The third-order valence-electron chi connectivity index (χ3n) is 12.8. The first kappa shape index (κ1) is 48.7. The zero-order valence-electron chi connectivity index (χ0n) is 37.9. The summed E-state index contributed by atoms with van der Waals surface area (Å²) in [6.07, 6.45) is 2.59. The van der Waals surface area contributed by atoms with Crippen LogP contribution in [0.4, 0.5) is 19.1 Å². The molecular weight excluding hydrogens is 890 g/mol. The second kappa shape index (κ2) is 22.6. The largest absolute Gasteiger partial charge is 0.491 e. The minimum Gasteiger partial charge on any atom is -0.491 e. The molecule has 68 heavy (non-hydrogen) atoms. The van der Waals surface area contributed by atoms with Crippen LogP contribution in [-0.4, -0.2) is 127 Å². The van der Waals surface area contributed by atoms with Gasteiger partial charge < -0.3 is 28.3 Å². The molecule has 2 saturated heterocycles. The maximum atomic E-state index is 13.5. The van der Waals surface area contributed by atoms with Gasteiger partial charge in [0.05, 0.1) is 74.0 Å². The summed E-state index contributed by atoms with van der Waals surface area (Å²) in [5.41, 5.74) is 2.09. The van der Waals surface area contributed by atoms with E-state index in [0.29, 0.717) is 63.9 Å². The molecule has 1 aromatic heterocycles. The fourth-order valence-electron chi connectivity index (χ4n) is 9.32. The molecule has 4 heterocycles. The summed E-state index contributed by atoms with van der Waals surface area (Å²) >= 11 is 0. The van der Waals surface area contributed by atoms with Crippen molar-refractivity contribution in [1.82, 2.24) is 24.7 Å². The van der Waals surface area contributed by atoms with Gasteiger partial charge in [0.1, 0.15) is 18.4 Å². The van der Waals surface area contributed by atoms with Crippen LogP contribution in [0.1, 0.15) is 106 Å². The van der Waals surface area contributed by atoms with Crippen molar-refractivity contribution in [3.63, 3.8) is 0 Å². The Morgan fingerprint density at radius 2 is 1.44 bits per heavy atom. The Hall–Kier alpha value is -5.73. The van der Waals surface area contributed by atoms with Gasteiger partial charge in [-0.2, -0.15) is 13.2 Å². The van der Waals surface area contributed by atoms with Gasteiger partial charge in [-0.05, 0) is 118 Å². The molecule has 3 fully saturated rings. The second-order valence-corrected chi connectivity index (χ2v) is 17.6. The van der Waals surface area contributed by atoms with Gasteiger partial charge >= 0.3 is 6.18 Å². The number of carbonyl (C=O) groups is 5. The highest BCUT2D eigenvalue weighted by molar-refractivity contribution is 6.23. The predicted octanol–water partition coefficient (Wildman–Crippen LogP) is 6.57. The molecule has 1 unspecified atom stereocenters. The number of fused-ring (bicyclic) bond motifs is 2. The van der Waals surface area contributed by atoms with E-state index in [2.05, 4.69) is 32.2 Å². The number of rotatable bonds is 21. The molecule has 0 radical (unpaired) electrons. The summed E-state index contributed by atoms with van der Waals surface area (Å²) in [5, 5.41) is 5.03. The fourth-order valence-corrected chi connectivity index (χ4v) is 9.32. The minimum atomic E-state index is -4.57. The maximum absolute atomic E-state index is 13.5. The highest BCUT2D eigenvalue weighted by Crippen LogP contribution is 2.38. The van der Waals surface area contributed by atoms with Crippen molar-refractivity contribution in [3.8, 4) is 5.75 Å². The van der Waals surface area contributed by atoms with E-state index in [9.17, 15) is 37.1 Å². The van der Waals surface area contributed by atoms with Crippen molar-refractivity contribution >= 4 is 46.5 Å². The number of nitrogens with zero attached hydrogens (tertiary/aromatic N) is 4. The van der Waals surface area contributed by atoms with Crippen molar-refractivity contribution < 1.29 is 60.8 Å². The molecule has 8 rings (SSSR count). The lowest BCUT2D eigenvalue weighted by Crippen LogP contribution is -2.54. The van der Waals surface area contributed by atoms with Crippen molar-refractivity contribution in [2.75, 3.05) is 77.9 Å². The molecule has 1 saturated carbocycles. The molecule has 4 aromatic rings. The molecule has 0 bridgehead atoms. The molecule has 16 nitrogen and oxygen atoms in total. The molecule has 2 N–H and O–H groups in total. The van der Waals surface area contributed by atoms with Gasteiger partial charge in [0.2, 0.25) is 17.8 Å². The summed E-state index contributed by atoms with van der Waals surface area (Å²) in [6, 6.07) is 14.2. The van der Waals surface area contributed by atoms with E-state index in [1.165, 1.54) is 43.5 Å². The zero-order chi connectivity index (χ0) is 47.6. The van der Waals surface area contributed by atoms with Crippen LogP contribution in [0.5, 0.6) is 5.75 Å². The van der Waals surface area contributed by atoms with Gasteiger partial charge in [0, 0.05) is 31.2 Å². The highest BCUT2D eigenvalue weighted by Gasteiger charge is 2.45. The van der Waals surface area contributed by atoms with Crippen LogP contribution in [0.3, 0.4) is 0 Å². The van der Waals surface area contributed by atoms with E-state index in [-0.39, 0.29) is 48.8 Å². The Balaban J connectivity index is 0.706. The third-order valence-corrected chi connectivity index (χ3v) is 12.8. The van der Waals surface area contributed by atoms with Gasteiger partial charge in [0.25, 0.3) is 17.7 Å². The number of halogens is 3. The molecule has 5 amide bonds. The minimum absolute atomic E-state index is 0.0311. The number of anilines is 1. The van der Waals surface area contributed by atoms with Crippen LogP contribution >= 0.6 is 0 Å². The SMILES string of the molecule is O=C1CCC(N2C(=O)c3ccc(OCCOCCOCCOCCOCC4CCC(n5c(NC(=O)c6cccc(C(F)(F)F)c6)nc6cc(CN7CCCCC7)ccc65)CC4)cc3C2=O)C(=O)N1. The molecule has 4 aliphatic rings. The number of alkyl halides is 3. The van der Waals surface area contributed by atoms with Crippen LogP contribution in [-0.2, 0) is 41.3 Å². The van der Waals surface area contributed by atoms with Crippen LogP contribution in [0.15, 0.2) is 60.7 Å². The van der Waals surface area contributed by atoms with Gasteiger partial charge in [-0.1, -0.05) is 18.6 Å². The number of benzene rings is 3. The molecule has 19 heteroatoms. The Morgan fingerprint density at radius 1 is 0.750 bits per heavy atom. The Bertz CT molecular complexity index is 2450. The molecular formula is C49H57F3N6O10. The quantitative estimate of drug-likeness (QED) is 0.0679. The van der Waals surface area contributed by atoms with Gasteiger partial charge in [0.15, 0.2) is 0 Å². The van der Waals surface area contributed by atoms with E-state index >= 15 is 0 Å². The average Bonchev–Trinajstić information content (AvgIpc) is 3.80. The van der Waals surface area contributed by atoms with Crippen molar-refractivity contribution in [1.29, 1.82) is 0 Å². The van der Waals surface area contributed by atoms with E-state index in [0.717, 1.165) is 78.9 Å². The van der Waals surface area contributed by atoms with Gasteiger partial charge in [-0.25, -0.2) is 4.98 Å². The normalized spacial score (nSPS) is 20.2. The fraction of sp³-hybridized carbons (Fsp3) is 0.510. The zero-order valence-corrected chi connectivity index (χ0v) is 37.9. The Kier molecular flexibility index (Phi) is 16.2. The summed E-state index contributed by atoms with van der Waals surface area (Å²) in [6.45, 7) is 6.27.